The number of benzene rings is 2. The van der Waals surface area contributed by atoms with Crippen LogP contribution in [0.5, 0.6) is 0 Å². The van der Waals surface area contributed by atoms with Crippen LogP contribution in [0, 0.1) is 0 Å². The number of halogens is 3. The lowest BCUT2D eigenvalue weighted by atomic mass is 10.1. The molecule has 0 unspecified atom stereocenters. The van der Waals surface area contributed by atoms with Crippen molar-refractivity contribution in [2.75, 3.05) is 26.2 Å². The number of aliphatic carboxylic acids is 1. The number of hydrogen-bond acceptors (Lipinski definition) is 5. The molecule has 2 aromatic rings. The molecule has 1 atom stereocenters. The fourth-order valence-corrected chi connectivity index (χ4v) is 3.47. The van der Waals surface area contributed by atoms with Crippen molar-refractivity contribution in [2.24, 2.45) is 11.5 Å². The molecule has 2 amide bonds. The number of carboxylic acid groups (broad SMARTS) is 1. The Kier molecular flexibility index (Phi) is 14.6. The second-order valence-corrected chi connectivity index (χ2v) is 8.16. The third kappa shape index (κ3) is 12.9. The van der Waals surface area contributed by atoms with Gasteiger partial charge in [0.05, 0.1) is 6.54 Å². The average Bonchev–Trinajstić information content (AvgIpc) is 2.89. The van der Waals surface area contributed by atoms with Gasteiger partial charge in [-0.3, -0.25) is 9.59 Å². The van der Waals surface area contributed by atoms with E-state index in [0.717, 1.165) is 18.4 Å². The predicted molar refractivity (Wildman–Crippen MR) is 134 cm³/mol. The van der Waals surface area contributed by atoms with Crippen LogP contribution in [0.4, 0.5) is 13.2 Å². The maximum absolute atomic E-state index is 12.9. The molecular weight excluding hydrogens is 489 g/mol. The first-order valence-electron chi connectivity index (χ1n) is 11.9. The highest BCUT2D eigenvalue weighted by atomic mass is 19.4. The van der Waals surface area contributed by atoms with Crippen LogP contribution in [0.15, 0.2) is 60.7 Å². The molecule has 8 nitrogen and oxygen atoms in total. The topological polar surface area (TPSA) is 139 Å². The number of carboxylic acids is 1. The van der Waals surface area contributed by atoms with Gasteiger partial charge in [0.2, 0.25) is 11.8 Å². The molecule has 0 fully saturated rings. The molecule has 0 aliphatic carbocycles. The van der Waals surface area contributed by atoms with E-state index in [2.05, 4.69) is 17.4 Å². The van der Waals surface area contributed by atoms with Gasteiger partial charge in [0.25, 0.3) is 0 Å². The maximum Gasteiger partial charge on any atom is 0.490 e. The smallest absolute Gasteiger partial charge is 0.475 e. The Morgan fingerprint density at radius 1 is 0.892 bits per heavy atom. The standard InChI is InChI=1S/C24H34N4O2.C2HF3O2/c25-16-7-14-22(24(30)27-17-8-13-20-9-3-1-4-10-20)28(23(29)19-26)18-15-21-11-5-2-6-12-21;3-2(4,5)1(6)7/h1-6,9-12,22H,7-8,13-19,25-26H2,(H,27,30);(H,6,7)/t22-;/m0./s1. The molecule has 0 aromatic heterocycles. The number of amides is 2. The van der Waals surface area contributed by atoms with E-state index in [1.807, 2.05) is 48.5 Å². The molecule has 0 saturated heterocycles. The molecule has 2 rings (SSSR count). The number of carbonyl (C=O) groups is 3. The van der Waals surface area contributed by atoms with Crippen molar-refractivity contribution in [1.29, 1.82) is 0 Å². The van der Waals surface area contributed by atoms with Gasteiger partial charge in [-0.1, -0.05) is 60.7 Å². The summed E-state index contributed by atoms with van der Waals surface area (Å²) in [6.45, 7) is 1.37. The first kappa shape index (κ1) is 31.6. The van der Waals surface area contributed by atoms with E-state index in [0.29, 0.717) is 38.9 Å². The monoisotopic (exact) mass is 524 g/mol. The third-order valence-corrected chi connectivity index (χ3v) is 5.37. The minimum absolute atomic E-state index is 0.116. The molecule has 204 valence electrons. The van der Waals surface area contributed by atoms with Crippen molar-refractivity contribution in [3.05, 3.63) is 71.8 Å². The first-order valence-corrected chi connectivity index (χ1v) is 11.9. The van der Waals surface area contributed by atoms with Gasteiger partial charge >= 0.3 is 12.1 Å². The zero-order chi connectivity index (χ0) is 27.7. The number of nitrogens with one attached hydrogen (secondary N) is 1. The van der Waals surface area contributed by atoms with Crippen molar-refractivity contribution in [3.8, 4) is 0 Å². The summed E-state index contributed by atoms with van der Waals surface area (Å²) in [4.78, 5) is 36.0. The minimum Gasteiger partial charge on any atom is -0.475 e. The van der Waals surface area contributed by atoms with Crippen molar-refractivity contribution in [1.82, 2.24) is 10.2 Å². The molecule has 0 heterocycles. The largest absolute Gasteiger partial charge is 0.490 e. The fraction of sp³-hybridized carbons (Fsp3) is 0.423. The van der Waals surface area contributed by atoms with Gasteiger partial charge in [-0.2, -0.15) is 13.2 Å². The molecule has 0 bridgehead atoms. The normalized spacial score (nSPS) is 11.6. The number of rotatable bonds is 13. The second-order valence-electron chi connectivity index (χ2n) is 8.16. The van der Waals surface area contributed by atoms with Crippen LogP contribution in [0.25, 0.3) is 0 Å². The second kappa shape index (κ2) is 17.1. The van der Waals surface area contributed by atoms with Crippen LogP contribution in [0.3, 0.4) is 0 Å². The number of carbonyl (C=O) groups excluding carboxylic acids is 2. The molecule has 0 aliphatic rings. The first-order chi connectivity index (χ1) is 17.6. The van der Waals surface area contributed by atoms with Crippen LogP contribution in [0.2, 0.25) is 0 Å². The summed E-state index contributed by atoms with van der Waals surface area (Å²) >= 11 is 0. The summed E-state index contributed by atoms with van der Waals surface area (Å²) in [7, 11) is 0. The van der Waals surface area contributed by atoms with Gasteiger partial charge < -0.3 is 26.8 Å². The summed E-state index contributed by atoms with van der Waals surface area (Å²) in [5.41, 5.74) is 13.7. The molecule has 0 aliphatic heterocycles. The van der Waals surface area contributed by atoms with Crippen LogP contribution in [-0.2, 0) is 27.2 Å². The lowest BCUT2D eigenvalue weighted by Gasteiger charge is -2.31. The molecule has 11 heteroatoms. The third-order valence-electron chi connectivity index (χ3n) is 5.37. The number of nitrogens with two attached hydrogens (primary N) is 2. The Labute approximate surface area is 214 Å². The fourth-order valence-electron chi connectivity index (χ4n) is 3.47. The van der Waals surface area contributed by atoms with E-state index in [9.17, 15) is 22.8 Å². The van der Waals surface area contributed by atoms with E-state index < -0.39 is 18.2 Å². The molecular formula is C26H35F3N4O4. The highest BCUT2D eigenvalue weighted by Gasteiger charge is 2.38. The van der Waals surface area contributed by atoms with Gasteiger partial charge in [-0.05, 0) is 49.8 Å². The molecule has 37 heavy (non-hydrogen) atoms. The summed E-state index contributed by atoms with van der Waals surface area (Å²) in [5.74, 6) is -3.11. The van der Waals surface area contributed by atoms with Gasteiger partial charge in [0, 0.05) is 13.1 Å². The number of hydrogen-bond donors (Lipinski definition) is 4. The Morgan fingerprint density at radius 3 is 1.86 bits per heavy atom. The van der Waals surface area contributed by atoms with E-state index in [1.54, 1.807) is 4.90 Å². The van der Waals surface area contributed by atoms with Gasteiger partial charge in [-0.25, -0.2) is 4.79 Å². The molecule has 0 radical (unpaired) electrons. The molecule has 0 saturated carbocycles. The van der Waals surface area contributed by atoms with Crippen molar-refractivity contribution in [2.45, 2.75) is 44.3 Å². The SMILES string of the molecule is NCCC[C@@H](C(=O)NCCCc1ccccc1)N(CCc1ccccc1)C(=O)CN.O=C(O)C(F)(F)F. The average molecular weight is 525 g/mol. The number of aryl methyl sites for hydroxylation is 1. The Hall–Kier alpha value is -3.44. The van der Waals surface area contributed by atoms with Crippen LogP contribution >= 0.6 is 0 Å². The van der Waals surface area contributed by atoms with Crippen LogP contribution < -0.4 is 16.8 Å². The van der Waals surface area contributed by atoms with E-state index in [-0.39, 0.29) is 18.4 Å². The zero-order valence-electron chi connectivity index (χ0n) is 20.6. The molecule has 0 spiro atoms. The lowest BCUT2D eigenvalue weighted by Crippen LogP contribution is -2.52. The quantitative estimate of drug-likeness (QED) is 0.297. The van der Waals surface area contributed by atoms with Crippen molar-refractivity contribution >= 4 is 17.8 Å². The summed E-state index contributed by atoms with van der Waals surface area (Å²) in [6.07, 6.45) is -1.47. The van der Waals surface area contributed by atoms with E-state index >= 15 is 0 Å². The Bertz CT molecular complexity index is 944. The number of alkyl halides is 3. The molecule has 2 aromatic carbocycles. The highest BCUT2D eigenvalue weighted by Crippen LogP contribution is 2.13. The zero-order valence-corrected chi connectivity index (χ0v) is 20.6. The summed E-state index contributed by atoms with van der Waals surface area (Å²) < 4.78 is 31.7. The molecule has 6 N–H and O–H groups in total. The van der Waals surface area contributed by atoms with E-state index in [1.165, 1.54) is 5.56 Å². The van der Waals surface area contributed by atoms with Crippen LogP contribution in [0.1, 0.15) is 30.4 Å². The van der Waals surface area contributed by atoms with Gasteiger partial charge in [-0.15, -0.1) is 0 Å². The number of nitrogens with zero attached hydrogens (tertiary/aromatic N) is 1. The summed E-state index contributed by atoms with van der Waals surface area (Å²) in [5, 5.41) is 10.1. The minimum atomic E-state index is -5.08. The summed E-state index contributed by atoms with van der Waals surface area (Å²) in [6, 6.07) is 19.6. The Balaban J connectivity index is 0.000000856. The van der Waals surface area contributed by atoms with Crippen molar-refractivity contribution < 1.29 is 32.7 Å². The van der Waals surface area contributed by atoms with Gasteiger partial charge in [0.15, 0.2) is 0 Å². The van der Waals surface area contributed by atoms with Crippen molar-refractivity contribution in [3.63, 3.8) is 0 Å². The Morgan fingerprint density at radius 2 is 1.41 bits per heavy atom. The lowest BCUT2D eigenvalue weighted by molar-refractivity contribution is -0.192. The van der Waals surface area contributed by atoms with E-state index in [4.69, 9.17) is 21.4 Å². The van der Waals surface area contributed by atoms with Gasteiger partial charge in [0.1, 0.15) is 6.04 Å². The van der Waals surface area contributed by atoms with Crippen LogP contribution in [-0.4, -0.2) is 66.2 Å². The predicted octanol–water partition coefficient (Wildman–Crippen LogP) is 2.51. The maximum atomic E-state index is 12.9. The highest BCUT2D eigenvalue weighted by molar-refractivity contribution is 5.88.